The van der Waals surface area contributed by atoms with Crippen molar-refractivity contribution in [2.45, 2.75) is 6.92 Å². The highest BCUT2D eigenvalue weighted by atomic mass is 14.3. The number of benzene rings is 3. The lowest BCUT2D eigenvalue weighted by atomic mass is 10.0. The molecule has 0 unspecified atom stereocenters. The second-order valence-electron chi connectivity index (χ2n) is 5.56. The van der Waals surface area contributed by atoms with E-state index in [9.17, 15) is 0 Å². The summed E-state index contributed by atoms with van der Waals surface area (Å²) < 4.78 is 0. The molecule has 100 valence electrons. The van der Waals surface area contributed by atoms with Crippen LogP contribution in [0, 0.1) is 6.92 Å². The van der Waals surface area contributed by atoms with Crippen molar-refractivity contribution < 1.29 is 0 Å². The summed E-state index contributed by atoms with van der Waals surface area (Å²) in [5.41, 5.74) is 9.26. The Morgan fingerprint density at radius 2 is 1.29 bits per heavy atom. The highest BCUT2D eigenvalue weighted by Crippen LogP contribution is 2.45. The molecule has 0 amide bonds. The lowest BCUT2D eigenvalue weighted by molar-refractivity contribution is 1.47. The van der Waals surface area contributed by atoms with E-state index in [-0.39, 0.29) is 0 Å². The summed E-state index contributed by atoms with van der Waals surface area (Å²) in [4.78, 5) is 0. The molecule has 0 bridgehead atoms. The van der Waals surface area contributed by atoms with Crippen molar-refractivity contribution in [1.82, 2.24) is 0 Å². The van der Waals surface area contributed by atoms with E-state index >= 15 is 0 Å². The van der Waals surface area contributed by atoms with Crippen LogP contribution in [0.3, 0.4) is 0 Å². The predicted molar refractivity (Wildman–Crippen MR) is 90.0 cm³/mol. The number of aryl methyl sites for hydroxylation is 1. The van der Waals surface area contributed by atoms with Crippen molar-refractivity contribution in [1.29, 1.82) is 0 Å². The van der Waals surface area contributed by atoms with Crippen LogP contribution in [0.4, 0.5) is 0 Å². The molecule has 1 aliphatic rings. The minimum Gasteiger partial charge on any atom is -0.0622 e. The van der Waals surface area contributed by atoms with Crippen molar-refractivity contribution in [3.8, 4) is 11.1 Å². The zero-order valence-corrected chi connectivity index (χ0v) is 12.0. The van der Waals surface area contributed by atoms with Crippen LogP contribution in [0.1, 0.15) is 22.3 Å². The highest BCUT2D eigenvalue weighted by Gasteiger charge is 2.22. The fourth-order valence-electron chi connectivity index (χ4n) is 3.09. The molecule has 0 heteroatoms. The maximum absolute atomic E-state index is 2.29. The van der Waals surface area contributed by atoms with Gasteiger partial charge in [-0.2, -0.15) is 0 Å². The molecule has 0 aromatic heterocycles. The summed E-state index contributed by atoms with van der Waals surface area (Å²) in [5, 5.41) is 0. The SMILES string of the molecule is Cc1ccc2c(c1)-c1ccccc1C2=Cc1ccccc1. The topological polar surface area (TPSA) is 0 Å². The zero-order chi connectivity index (χ0) is 14.2. The highest BCUT2D eigenvalue weighted by molar-refractivity contribution is 6.06. The van der Waals surface area contributed by atoms with Crippen LogP contribution in [0.15, 0.2) is 72.8 Å². The Morgan fingerprint density at radius 3 is 2.10 bits per heavy atom. The van der Waals surface area contributed by atoms with Crippen LogP contribution in [0.25, 0.3) is 22.8 Å². The quantitative estimate of drug-likeness (QED) is 0.423. The average Bonchev–Trinajstić information content (AvgIpc) is 2.82. The van der Waals surface area contributed by atoms with Crippen molar-refractivity contribution in [3.63, 3.8) is 0 Å². The minimum atomic E-state index is 1.25. The van der Waals surface area contributed by atoms with E-state index in [1.807, 2.05) is 0 Å². The van der Waals surface area contributed by atoms with Crippen molar-refractivity contribution in [2.24, 2.45) is 0 Å². The summed E-state index contributed by atoms with van der Waals surface area (Å²) in [6.07, 6.45) is 2.29. The fraction of sp³-hybridized carbons (Fsp3) is 0.0476. The molecule has 21 heavy (non-hydrogen) atoms. The van der Waals surface area contributed by atoms with Gasteiger partial charge in [-0.05, 0) is 46.4 Å². The largest absolute Gasteiger partial charge is 0.0622 e. The lowest BCUT2D eigenvalue weighted by Gasteiger charge is -2.03. The molecule has 0 N–H and O–H groups in total. The monoisotopic (exact) mass is 268 g/mol. The molecule has 3 aromatic rings. The maximum Gasteiger partial charge on any atom is -0.00930 e. The Bertz CT molecular complexity index is 839. The van der Waals surface area contributed by atoms with E-state index in [1.54, 1.807) is 0 Å². The second kappa shape index (κ2) is 4.75. The summed E-state index contributed by atoms with van der Waals surface area (Å²) in [6, 6.07) is 26.0. The number of hydrogen-bond donors (Lipinski definition) is 0. The Labute approximate surface area is 125 Å². The van der Waals surface area contributed by atoms with Gasteiger partial charge in [-0.3, -0.25) is 0 Å². The second-order valence-corrected chi connectivity index (χ2v) is 5.56. The van der Waals surface area contributed by atoms with Gasteiger partial charge < -0.3 is 0 Å². The Kier molecular flexibility index (Phi) is 2.75. The fourth-order valence-corrected chi connectivity index (χ4v) is 3.09. The first-order valence-corrected chi connectivity index (χ1v) is 7.30. The molecule has 1 aliphatic carbocycles. The lowest BCUT2D eigenvalue weighted by Crippen LogP contribution is -1.82. The molecule has 0 atom stereocenters. The van der Waals surface area contributed by atoms with Gasteiger partial charge in [-0.15, -0.1) is 0 Å². The van der Waals surface area contributed by atoms with Gasteiger partial charge in [0.15, 0.2) is 0 Å². The molecule has 0 saturated heterocycles. The Hall–Kier alpha value is -2.60. The molecular formula is C21H16. The Morgan fingerprint density at radius 1 is 0.619 bits per heavy atom. The first-order chi connectivity index (χ1) is 10.3. The van der Waals surface area contributed by atoms with E-state index in [0.29, 0.717) is 0 Å². The molecule has 0 saturated carbocycles. The third kappa shape index (κ3) is 2.00. The van der Waals surface area contributed by atoms with Crippen molar-refractivity contribution >= 4 is 11.6 Å². The van der Waals surface area contributed by atoms with Gasteiger partial charge in [0, 0.05) is 0 Å². The zero-order valence-electron chi connectivity index (χ0n) is 12.0. The third-order valence-electron chi connectivity index (χ3n) is 4.08. The summed E-state index contributed by atoms with van der Waals surface area (Å²) >= 11 is 0. The van der Waals surface area contributed by atoms with Gasteiger partial charge in [0.2, 0.25) is 0 Å². The summed E-state index contributed by atoms with van der Waals surface area (Å²) in [5.74, 6) is 0. The van der Waals surface area contributed by atoms with Gasteiger partial charge in [0.05, 0.1) is 0 Å². The van der Waals surface area contributed by atoms with Gasteiger partial charge in [-0.25, -0.2) is 0 Å². The van der Waals surface area contributed by atoms with Gasteiger partial charge in [0.1, 0.15) is 0 Å². The van der Waals surface area contributed by atoms with Crippen molar-refractivity contribution in [2.75, 3.05) is 0 Å². The Balaban J connectivity index is 1.99. The van der Waals surface area contributed by atoms with Gasteiger partial charge in [-0.1, -0.05) is 78.4 Å². The number of fused-ring (bicyclic) bond motifs is 3. The van der Waals surface area contributed by atoms with Crippen LogP contribution < -0.4 is 0 Å². The molecule has 3 aromatic carbocycles. The molecule has 0 fully saturated rings. The first kappa shape index (κ1) is 12.2. The molecule has 0 nitrogen and oxygen atoms in total. The number of hydrogen-bond acceptors (Lipinski definition) is 0. The molecular weight excluding hydrogens is 252 g/mol. The van der Waals surface area contributed by atoms with Crippen LogP contribution in [-0.4, -0.2) is 0 Å². The van der Waals surface area contributed by atoms with E-state index in [1.165, 1.54) is 39.0 Å². The van der Waals surface area contributed by atoms with Gasteiger partial charge >= 0.3 is 0 Å². The molecule has 4 rings (SSSR count). The summed E-state index contributed by atoms with van der Waals surface area (Å²) in [7, 11) is 0. The third-order valence-corrected chi connectivity index (χ3v) is 4.08. The maximum atomic E-state index is 2.29. The molecule has 0 spiro atoms. The average molecular weight is 268 g/mol. The van der Waals surface area contributed by atoms with Gasteiger partial charge in [0.25, 0.3) is 0 Å². The van der Waals surface area contributed by atoms with Crippen LogP contribution >= 0.6 is 0 Å². The van der Waals surface area contributed by atoms with Crippen molar-refractivity contribution in [3.05, 3.63) is 95.1 Å². The smallest absolute Gasteiger partial charge is 0.00930 e. The van der Waals surface area contributed by atoms with Crippen LogP contribution in [-0.2, 0) is 0 Å². The van der Waals surface area contributed by atoms with E-state index in [4.69, 9.17) is 0 Å². The summed E-state index contributed by atoms with van der Waals surface area (Å²) in [6.45, 7) is 2.15. The number of rotatable bonds is 1. The first-order valence-electron chi connectivity index (χ1n) is 7.30. The van der Waals surface area contributed by atoms with E-state index in [2.05, 4.69) is 85.8 Å². The van der Waals surface area contributed by atoms with Crippen LogP contribution in [0.5, 0.6) is 0 Å². The van der Waals surface area contributed by atoms with E-state index < -0.39 is 0 Å². The standard InChI is InChI=1S/C21H16/c1-15-11-12-19-20(13-15)17-9-5-6-10-18(17)21(19)14-16-7-3-2-4-8-16/h2-14H,1H3. The van der Waals surface area contributed by atoms with E-state index in [0.717, 1.165) is 0 Å². The minimum absolute atomic E-state index is 1.25. The molecule has 0 radical (unpaired) electrons. The normalized spacial score (nSPS) is 14.0. The molecule has 0 aliphatic heterocycles. The predicted octanol–water partition coefficient (Wildman–Crippen LogP) is 5.56. The molecule has 0 heterocycles. The van der Waals surface area contributed by atoms with Crippen LogP contribution in [0.2, 0.25) is 0 Å².